The molecule has 1 unspecified atom stereocenters. The zero-order chi connectivity index (χ0) is 20.3. The highest BCUT2D eigenvalue weighted by molar-refractivity contribution is 5.77. The van der Waals surface area contributed by atoms with Crippen LogP contribution >= 0.6 is 0 Å². The number of fused-ring (bicyclic) bond motifs is 4. The predicted octanol–water partition coefficient (Wildman–Crippen LogP) is 4.67. The first-order valence-electron chi connectivity index (χ1n) is 11.3. The second kappa shape index (κ2) is 8.66. The Morgan fingerprint density at radius 2 is 1.83 bits per heavy atom. The first kappa shape index (κ1) is 19.4. The number of rotatable bonds is 7. The number of aryl methyl sites for hydroxylation is 1. The van der Waals surface area contributed by atoms with Crippen molar-refractivity contribution in [3.8, 4) is 11.1 Å². The van der Waals surface area contributed by atoms with Gasteiger partial charge in [-0.25, -0.2) is 0 Å². The van der Waals surface area contributed by atoms with E-state index in [2.05, 4.69) is 47.4 Å². The molecule has 0 aliphatic heterocycles. The van der Waals surface area contributed by atoms with Crippen LogP contribution in [0.3, 0.4) is 0 Å². The van der Waals surface area contributed by atoms with Gasteiger partial charge in [0.15, 0.2) is 0 Å². The third kappa shape index (κ3) is 3.66. The Morgan fingerprint density at radius 1 is 0.933 bits per heavy atom. The summed E-state index contributed by atoms with van der Waals surface area (Å²) in [6.07, 6.45) is 10.6. The Hall–Kier alpha value is -2.56. The van der Waals surface area contributed by atoms with E-state index in [1.807, 2.05) is 12.4 Å². The quantitative estimate of drug-likeness (QED) is 0.460. The van der Waals surface area contributed by atoms with E-state index in [0.29, 0.717) is 6.04 Å². The number of hydrogen-bond donors (Lipinski definition) is 1. The van der Waals surface area contributed by atoms with Gasteiger partial charge in [-0.1, -0.05) is 30.3 Å². The van der Waals surface area contributed by atoms with Crippen LogP contribution in [-0.4, -0.2) is 28.0 Å². The number of nitrogens with two attached hydrogens (primary N) is 1. The highest BCUT2D eigenvalue weighted by Gasteiger charge is 2.29. The zero-order valence-electron chi connectivity index (χ0n) is 17.6. The second-order valence-corrected chi connectivity index (χ2v) is 8.54. The van der Waals surface area contributed by atoms with Crippen LogP contribution < -0.4 is 5.73 Å². The van der Waals surface area contributed by atoms with E-state index < -0.39 is 0 Å². The van der Waals surface area contributed by atoms with Crippen LogP contribution in [-0.2, 0) is 19.4 Å². The van der Waals surface area contributed by atoms with Crippen molar-refractivity contribution in [1.29, 1.82) is 0 Å². The van der Waals surface area contributed by atoms with Crippen molar-refractivity contribution in [2.45, 2.75) is 51.1 Å². The zero-order valence-corrected chi connectivity index (χ0v) is 17.6. The number of nitrogens with zero attached hydrogens (tertiary/aromatic N) is 3. The molecule has 5 rings (SSSR count). The lowest BCUT2D eigenvalue weighted by Crippen LogP contribution is -2.33. The van der Waals surface area contributed by atoms with Crippen molar-refractivity contribution >= 4 is 0 Å². The van der Waals surface area contributed by atoms with Crippen LogP contribution in [0.4, 0.5) is 0 Å². The van der Waals surface area contributed by atoms with Gasteiger partial charge in [-0.3, -0.25) is 14.9 Å². The molecule has 30 heavy (non-hydrogen) atoms. The van der Waals surface area contributed by atoms with Crippen molar-refractivity contribution in [2.75, 3.05) is 13.1 Å². The third-order valence-electron chi connectivity index (χ3n) is 6.68. The molecule has 2 N–H and O–H groups in total. The average molecular weight is 399 g/mol. The van der Waals surface area contributed by atoms with Gasteiger partial charge in [0.25, 0.3) is 0 Å². The fourth-order valence-corrected chi connectivity index (χ4v) is 5.19. The summed E-state index contributed by atoms with van der Waals surface area (Å²) in [4.78, 5) is 12.3. The Bertz CT molecular complexity index is 1030. The maximum Gasteiger partial charge on any atom is 0.0607 e. The first-order chi connectivity index (χ1) is 14.8. The van der Waals surface area contributed by atoms with Gasteiger partial charge in [0, 0.05) is 25.4 Å². The van der Waals surface area contributed by atoms with E-state index in [4.69, 9.17) is 15.7 Å². The second-order valence-electron chi connectivity index (χ2n) is 8.54. The molecule has 0 spiro atoms. The monoisotopic (exact) mass is 398 g/mol. The van der Waals surface area contributed by atoms with E-state index in [1.165, 1.54) is 52.0 Å². The van der Waals surface area contributed by atoms with Gasteiger partial charge in [0.1, 0.15) is 0 Å². The normalized spacial score (nSPS) is 16.9. The number of hydrogen-bond acceptors (Lipinski definition) is 4. The molecule has 0 bridgehead atoms. The fourth-order valence-electron chi connectivity index (χ4n) is 5.19. The molecule has 2 aromatic heterocycles. The molecule has 0 radical (unpaired) electrons. The summed E-state index contributed by atoms with van der Waals surface area (Å²) in [7, 11) is 0. The molecule has 2 heterocycles. The van der Waals surface area contributed by atoms with Gasteiger partial charge in [-0.2, -0.15) is 0 Å². The van der Waals surface area contributed by atoms with E-state index in [9.17, 15) is 0 Å². The Labute approximate surface area is 179 Å². The SMILES string of the molecule is NCCCCN(Cc1nccc2c1Cc1ccccc1-2)C1CCCc2cccnc21. The molecule has 4 heteroatoms. The van der Waals surface area contributed by atoms with Gasteiger partial charge in [0.05, 0.1) is 17.4 Å². The lowest BCUT2D eigenvalue weighted by atomic mass is 9.90. The van der Waals surface area contributed by atoms with Crippen molar-refractivity contribution in [2.24, 2.45) is 5.73 Å². The molecule has 1 aromatic carbocycles. The Balaban J connectivity index is 1.46. The maximum atomic E-state index is 5.80. The third-order valence-corrected chi connectivity index (χ3v) is 6.68. The standard InChI is InChI=1S/C26H30N4/c27-13-3-4-16-30(25-11-5-8-19-9-6-14-29-26(19)25)18-24-23-17-20-7-1-2-10-21(20)22(23)12-15-28-24/h1-2,6-7,9-10,12,14-15,25H,3-5,8,11,13,16-18,27H2. The number of benzene rings is 1. The van der Waals surface area contributed by atoms with Crippen LogP contribution in [0.2, 0.25) is 0 Å². The molecule has 0 fully saturated rings. The summed E-state index contributed by atoms with van der Waals surface area (Å²) in [5.74, 6) is 0. The number of aromatic nitrogens is 2. The number of pyridine rings is 2. The van der Waals surface area contributed by atoms with E-state index in [0.717, 1.165) is 45.3 Å². The Morgan fingerprint density at radius 3 is 2.77 bits per heavy atom. The minimum atomic E-state index is 0.370. The van der Waals surface area contributed by atoms with Gasteiger partial charge in [-0.15, -0.1) is 0 Å². The molecule has 1 atom stereocenters. The van der Waals surface area contributed by atoms with Gasteiger partial charge in [-0.05, 0) is 85.1 Å². The topological polar surface area (TPSA) is 55.0 Å². The molecule has 2 aliphatic rings. The van der Waals surface area contributed by atoms with Crippen LogP contribution in [0, 0.1) is 0 Å². The summed E-state index contributed by atoms with van der Waals surface area (Å²) < 4.78 is 0. The van der Waals surface area contributed by atoms with Crippen LogP contribution in [0.1, 0.15) is 59.8 Å². The smallest absolute Gasteiger partial charge is 0.0607 e. The lowest BCUT2D eigenvalue weighted by molar-refractivity contribution is 0.160. The van der Waals surface area contributed by atoms with E-state index >= 15 is 0 Å². The van der Waals surface area contributed by atoms with Gasteiger partial charge >= 0.3 is 0 Å². The van der Waals surface area contributed by atoms with Crippen LogP contribution in [0.5, 0.6) is 0 Å². The molecule has 0 saturated heterocycles. The predicted molar refractivity (Wildman–Crippen MR) is 121 cm³/mol. The summed E-state index contributed by atoms with van der Waals surface area (Å²) >= 11 is 0. The largest absolute Gasteiger partial charge is 0.330 e. The van der Waals surface area contributed by atoms with Crippen LogP contribution in [0.25, 0.3) is 11.1 Å². The average Bonchev–Trinajstić information content (AvgIpc) is 3.18. The summed E-state index contributed by atoms with van der Waals surface area (Å²) in [5, 5.41) is 0. The lowest BCUT2D eigenvalue weighted by Gasteiger charge is -2.35. The summed E-state index contributed by atoms with van der Waals surface area (Å²) in [6, 6.07) is 15.6. The molecule has 4 nitrogen and oxygen atoms in total. The number of unbranched alkanes of at least 4 members (excludes halogenated alkanes) is 1. The Kier molecular flexibility index (Phi) is 5.60. The first-order valence-corrected chi connectivity index (χ1v) is 11.3. The highest BCUT2D eigenvalue weighted by atomic mass is 15.2. The van der Waals surface area contributed by atoms with E-state index in [-0.39, 0.29) is 0 Å². The molecule has 0 amide bonds. The fraction of sp³-hybridized carbons (Fsp3) is 0.385. The van der Waals surface area contributed by atoms with Gasteiger partial charge in [0.2, 0.25) is 0 Å². The van der Waals surface area contributed by atoms with Crippen molar-refractivity contribution in [3.05, 3.63) is 82.9 Å². The molecular weight excluding hydrogens is 368 g/mol. The van der Waals surface area contributed by atoms with E-state index in [1.54, 1.807) is 0 Å². The molecule has 0 saturated carbocycles. The van der Waals surface area contributed by atoms with Crippen LogP contribution in [0.15, 0.2) is 54.9 Å². The summed E-state index contributed by atoms with van der Waals surface area (Å²) in [6.45, 7) is 2.67. The maximum absolute atomic E-state index is 5.80. The van der Waals surface area contributed by atoms with Crippen molar-refractivity contribution in [1.82, 2.24) is 14.9 Å². The molecule has 154 valence electrons. The van der Waals surface area contributed by atoms with Crippen molar-refractivity contribution in [3.63, 3.8) is 0 Å². The van der Waals surface area contributed by atoms with Gasteiger partial charge < -0.3 is 5.73 Å². The molecular formula is C26H30N4. The van der Waals surface area contributed by atoms with Crippen molar-refractivity contribution < 1.29 is 0 Å². The minimum absolute atomic E-state index is 0.370. The highest BCUT2D eigenvalue weighted by Crippen LogP contribution is 2.39. The minimum Gasteiger partial charge on any atom is -0.330 e. The molecule has 2 aliphatic carbocycles. The summed E-state index contributed by atoms with van der Waals surface area (Å²) in [5.41, 5.74) is 15.3. The molecule has 3 aromatic rings.